The third-order valence-electron chi connectivity index (χ3n) is 6.44. The predicted molar refractivity (Wildman–Crippen MR) is 107 cm³/mol. The van der Waals surface area contributed by atoms with E-state index in [9.17, 15) is 0 Å². The number of pyridine rings is 1. The SMILES string of the molecule is COc1ccc(-c2cncc(N3CC4CC5CC3CN(C5)C4)c2)c(OC)c1. The summed E-state index contributed by atoms with van der Waals surface area (Å²) in [5, 5.41) is 0. The number of rotatable bonds is 4. The van der Waals surface area contributed by atoms with Crippen molar-refractivity contribution in [2.75, 3.05) is 45.3 Å². The van der Waals surface area contributed by atoms with E-state index in [4.69, 9.17) is 9.47 Å². The number of anilines is 1. The van der Waals surface area contributed by atoms with Crippen LogP contribution in [0.5, 0.6) is 11.5 Å². The van der Waals surface area contributed by atoms with Crippen LogP contribution in [0.3, 0.4) is 0 Å². The molecule has 6 rings (SSSR count). The Labute approximate surface area is 160 Å². The van der Waals surface area contributed by atoms with Gasteiger partial charge in [0.1, 0.15) is 11.5 Å². The Kier molecular flexibility index (Phi) is 4.20. The fraction of sp³-hybridized carbons (Fsp3) is 0.500. The molecule has 142 valence electrons. The van der Waals surface area contributed by atoms with Crippen LogP contribution in [0.1, 0.15) is 12.8 Å². The number of hydrogen-bond acceptors (Lipinski definition) is 5. The Bertz CT molecular complexity index is 826. The highest BCUT2D eigenvalue weighted by atomic mass is 16.5. The van der Waals surface area contributed by atoms with E-state index >= 15 is 0 Å². The standard InChI is InChI=1S/C22H27N3O2/c1-26-20-3-4-21(22(8-20)27-2)17-7-18(10-23-9-17)25-13-16-5-15-6-19(25)14-24(11-15)12-16/h3-4,7-10,15-16,19H,5-6,11-14H2,1-2H3. The van der Waals surface area contributed by atoms with Crippen LogP contribution in [0.15, 0.2) is 36.7 Å². The summed E-state index contributed by atoms with van der Waals surface area (Å²) in [5.41, 5.74) is 3.39. The van der Waals surface area contributed by atoms with Gasteiger partial charge in [-0.25, -0.2) is 0 Å². The minimum Gasteiger partial charge on any atom is -0.497 e. The van der Waals surface area contributed by atoms with Crippen LogP contribution in [0.25, 0.3) is 11.1 Å². The van der Waals surface area contributed by atoms with Crippen LogP contribution >= 0.6 is 0 Å². The summed E-state index contributed by atoms with van der Waals surface area (Å²) in [6.45, 7) is 4.93. The van der Waals surface area contributed by atoms with Crippen LogP contribution in [0, 0.1) is 11.8 Å². The molecule has 4 unspecified atom stereocenters. The molecule has 0 spiro atoms. The minimum absolute atomic E-state index is 0.617. The predicted octanol–water partition coefficient (Wildman–Crippen LogP) is 3.30. The summed E-state index contributed by atoms with van der Waals surface area (Å²) in [6, 6.07) is 8.86. The van der Waals surface area contributed by atoms with Gasteiger partial charge in [0, 0.05) is 55.6 Å². The van der Waals surface area contributed by atoms with Crippen molar-refractivity contribution in [3.63, 3.8) is 0 Å². The fourth-order valence-corrected chi connectivity index (χ4v) is 5.37. The Balaban J connectivity index is 1.49. The molecule has 5 heteroatoms. The largest absolute Gasteiger partial charge is 0.497 e. The lowest BCUT2D eigenvalue weighted by molar-refractivity contribution is 0.0980. The summed E-state index contributed by atoms with van der Waals surface area (Å²) < 4.78 is 10.9. The first kappa shape index (κ1) is 16.9. The van der Waals surface area contributed by atoms with E-state index in [1.165, 1.54) is 38.2 Å². The van der Waals surface area contributed by atoms with Gasteiger partial charge in [0.05, 0.1) is 26.1 Å². The molecule has 4 bridgehead atoms. The van der Waals surface area contributed by atoms with Gasteiger partial charge in [0.2, 0.25) is 0 Å². The van der Waals surface area contributed by atoms with Gasteiger partial charge in [-0.3, -0.25) is 4.98 Å². The second-order valence-electron chi connectivity index (χ2n) is 8.23. The van der Waals surface area contributed by atoms with E-state index in [0.29, 0.717) is 6.04 Å². The monoisotopic (exact) mass is 365 g/mol. The molecule has 0 amide bonds. The molecular weight excluding hydrogens is 338 g/mol. The Morgan fingerprint density at radius 3 is 2.63 bits per heavy atom. The molecule has 5 heterocycles. The van der Waals surface area contributed by atoms with E-state index in [1.54, 1.807) is 14.2 Å². The summed E-state index contributed by atoms with van der Waals surface area (Å²) in [5.74, 6) is 3.28. The number of piperidine rings is 2. The Hall–Kier alpha value is -2.27. The zero-order valence-corrected chi connectivity index (χ0v) is 16.1. The molecule has 0 aliphatic carbocycles. The molecule has 0 saturated carbocycles. The Morgan fingerprint density at radius 1 is 0.926 bits per heavy atom. The van der Waals surface area contributed by atoms with Crippen molar-refractivity contribution in [2.45, 2.75) is 18.9 Å². The normalized spacial score (nSPS) is 28.9. The highest BCUT2D eigenvalue weighted by molar-refractivity contribution is 5.73. The smallest absolute Gasteiger partial charge is 0.130 e. The minimum atomic E-state index is 0.617. The van der Waals surface area contributed by atoms with Gasteiger partial charge < -0.3 is 19.3 Å². The van der Waals surface area contributed by atoms with E-state index in [-0.39, 0.29) is 0 Å². The molecule has 4 saturated heterocycles. The number of ether oxygens (including phenoxy) is 2. The zero-order chi connectivity index (χ0) is 18.4. The summed E-state index contributed by atoms with van der Waals surface area (Å²) in [6.07, 6.45) is 6.67. The molecule has 4 aliphatic rings. The fourth-order valence-electron chi connectivity index (χ4n) is 5.37. The lowest BCUT2D eigenvalue weighted by atomic mass is 9.84. The van der Waals surface area contributed by atoms with Crippen molar-refractivity contribution < 1.29 is 9.47 Å². The van der Waals surface area contributed by atoms with Gasteiger partial charge in [0.25, 0.3) is 0 Å². The number of hydrogen-bond donors (Lipinski definition) is 0. The molecule has 4 fully saturated rings. The molecule has 27 heavy (non-hydrogen) atoms. The molecule has 1 aromatic heterocycles. The summed E-state index contributed by atoms with van der Waals surface area (Å²) in [7, 11) is 3.38. The lowest BCUT2D eigenvalue weighted by Gasteiger charge is -2.41. The quantitative estimate of drug-likeness (QED) is 0.831. The van der Waals surface area contributed by atoms with E-state index in [2.05, 4.69) is 26.9 Å². The van der Waals surface area contributed by atoms with Gasteiger partial charge in [-0.05, 0) is 42.9 Å². The van der Waals surface area contributed by atoms with E-state index < -0.39 is 0 Å². The van der Waals surface area contributed by atoms with Gasteiger partial charge in [-0.1, -0.05) is 0 Å². The number of benzene rings is 1. The zero-order valence-electron chi connectivity index (χ0n) is 16.1. The highest BCUT2D eigenvalue weighted by Gasteiger charge is 2.41. The van der Waals surface area contributed by atoms with E-state index in [1.807, 2.05) is 24.5 Å². The molecule has 2 aromatic rings. The van der Waals surface area contributed by atoms with Crippen molar-refractivity contribution in [1.29, 1.82) is 0 Å². The number of nitrogens with zero attached hydrogens (tertiary/aromatic N) is 3. The van der Waals surface area contributed by atoms with Crippen molar-refractivity contribution in [3.8, 4) is 22.6 Å². The summed E-state index contributed by atoms with van der Waals surface area (Å²) in [4.78, 5) is 9.89. The first-order chi connectivity index (χ1) is 13.2. The Morgan fingerprint density at radius 2 is 1.81 bits per heavy atom. The maximum Gasteiger partial charge on any atom is 0.130 e. The van der Waals surface area contributed by atoms with Crippen LogP contribution in [0.2, 0.25) is 0 Å². The van der Waals surface area contributed by atoms with Crippen LogP contribution in [-0.4, -0.2) is 56.3 Å². The lowest BCUT2D eigenvalue weighted by Crippen LogP contribution is -2.49. The molecule has 5 nitrogen and oxygen atoms in total. The third kappa shape index (κ3) is 3.04. The first-order valence-electron chi connectivity index (χ1n) is 9.90. The van der Waals surface area contributed by atoms with Crippen LogP contribution < -0.4 is 14.4 Å². The van der Waals surface area contributed by atoms with E-state index in [0.717, 1.165) is 41.0 Å². The van der Waals surface area contributed by atoms with Crippen molar-refractivity contribution in [2.24, 2.45) is 11.8 Å². The van der Waals surface area contributed by atoms with Crippen LogP contribution in [0.4, 0.5) is 5.69 Å². The molecule has 0 radical (unpaired) electrons. The van der Waals surface area contributed by atoms with Gasteiger partial charge in [0.15, 0.2) is 0 Å². The number of fused-ring (bicyclic) bond motifs is 1. The first-order valence-corrected chi connectivity index (χ1v) is 9.90. The molecule has 0 N–H and O–H groups in total. The van der Waals surface area contributed by atoms with Crippen molar-refractivity contribution in [1.82, 2.24) is 9.88 Å². The second kappa shape index (κ2) is 6.71. The third-order valence-corrected chi connectivity index (χ3v) is 6.44. The molecular formula is C22H27N3O2. The molecule has 1 aromatic carbocycles. The average molecular weight is 365 g/mol. The van der Waals surface area contributed by atoms with Gasteiger partial charge >= 0.3 is 0 Å². The maximum absolute atomic E-state index is 5.61. The maximum atomic E-state index is 5.61. The second-order valence-corrected chi connectivity index (χ2v) is 8.23. The number of aromatic nitrogens is 1. The average Bonchev–Trinajstić information content (AvgIpc) is 2.90. The topological polar surface area (TPSA) is 37.8 Å². The molecule has 4 atom stereocenters. The molecule has 4 aliphatic heterocycles. The number of methoxy groups -OCH3 is 2. The van der Waals surface area contributed by atoms with Gasteiger partial charge in [-0.2, -0.15) is 0 Å². The van der Waals surface area contributed by atoms with Gasteiger partial charge in [-0.15, -0.1) is 0 Å². The highest BCUT2D eigenvalue weighted by Crippen LogP contribution is 2.40. The van der Waals surface area contributed by atoms with Crippen LogP contribution in [-0.2, 0) is 0 Å². The van der Waals surface area contributed by atoms with Crippen molar-refractivity contribution >= 4 is 5.69 Å². The van der Waals surface area contributed by atoms with Crippen molar-refractivity contribution in [3.05, 3.63) is 36.7 Å². The summed E-state index contributed by atoms with van der Waals surface area (Å²) >= 11 is 0.